The highest BCUT2D eigenvalue weighted by Crippen LogP contribution is 2.27. The van der Waals surface area contributed by atoms with Gasteiger partial charge in [0.05, 0.1) is 15.6 Å². The van der Waals surface area contributed by atoms with E-state index in [9.17, 15) is 26.4 Å². The average Bonchev–Trinajstić information content (AvgIpc) is 2.72. The first-order valence-electron chi connectivity index (χ1n) is 8.46. The highest BCUT2D eigenvalue weighted by Gasteiger charge is 2.27. The van der Waals surface area contributed by atoms with Crippen LogP contribution in [0.25, 0.3) is 0 Å². The van der Waals surface area contributed by atoms with Gasteiger partial charge in [0.2, 0.25) is 5.91 Å². The van der Waals surface area contributed by atoms with Gasteiger partial charge in [0.25, 0.3) is 10.0 Å². The number of halogens is 4. The van der Waals surface area contributed by atoms with E-state index in [0.717, 1.165) is 40.7 Å². The van der Waals surface area contributed by atoms with Crippen LogP contribution in [-0.2, 0) is 14.8 Å². The van der Waals surface area contributed by atoms with Gasteiger partial charge >= 0.3 is 0 Å². The van der Waals surface area contributed by atoms with Crippen LogP contribution in [0, 0.1) is 17.5 Å². The van der Waals surface area contributed by atoms with Crippen LogP contribution in [0.15, 0.2) is 71.6 Å². The lowest BCUT2D eigenvalue weighted by Crippen LogP contribution is -2.38. The zero-order chi connectivity index (χ0) is 21.9. The Labute approximate surface area is 175 Å². The molecule has 30 heavy (non-hydrogen) atoms. The van der Waals surface area contributed by atoms with Gasteiger partial charge < -0.3 is 5.32 Å². The monoisotopic (exact) mass is 454 g/mol. The van der Waals surface area contributed by atoms with Crippen molar-refractivity contribution in [2.24, 2.45) is 0 Å². The molecule has 1 N–H and O–H groups in total. The van der Waals surface area contributed by atoms with E-state index in [1.165, 1.54) is 24.3 Å². The van der Waals surface area contributed by atoms with E-state index in [1.807, 2.05) is 0 Å². The highest BCUT2D eigenvalue weighted by atomic mass is 35.5. The standard InChI is InChI=1S/C20H14ClF3N2O3S/c21-16-11-14(7-9-17(16)22)26(30(28,29)15-4-2-1-3-5-15)12-20(27)25-13-6-8-18(23)19(24)10-13/h1-11H,12H2,(H,25,27). The summed E-state index contributed by atoms with van der Waals surface area (Å²) in [5.41, 5.74) is -0.112. The highest BCUT2D eigenvalue weighted by molar-refractivity contribution is 7.92. The second-order valence-electron chi connectivity index (χ2n) is 6.10. The summed E-state index contributed by atoms with van der Waals surface area (Å²) in [7, 11) is -4.23. The van der Waals surface area contributed by atoms with Crippen molar-refractivity contribution in [1.29, 1.82) is 0 Å². The van der Waals surface area contributed by atoms with Crippen LogP contribution in [0.1, 0.15) is 0 Å². The van der Waals surface area contributed by atoms with Gasteiger partial charge in [-0.3, -0.25) is 9.10 Å². The first-order valence-corrected chi connectivity index (χ1v) is 10.3. The number of carbonyl (C=O) groups excluding carboxylic acids is 1. The number of benzene rings is 3. The van der Waals surface area contributed by atoms with E-state index in [2.05, 4.69) is 5.32 Å². The Hall–Kier alpha value is -3.04. The number of sulfonamides is 1. The maximum absolute atomic E-state index is 13.6. The molecule has 0 spiro atoms. The fourth-order valence-electron chi connectivity index (χ4n) is 2.58. The molecule has 5 nitrogen and oxygen atoms in total. The van der Waals surface area contributed by atoms with Crippen LogP contribution in [0.5, 0.6) is 0 Å². The minimum atomic E-state index is -4.23. The summed E-state index contributed by atoms with van der Waals surface area (Å²) >= 11 is 5.78. The maximum Gasteiger partial charge on any atom is 0.264 e. The quantitative estimate of drug-likeness (QED) is 0.592. The summed E-state index contributed by atoms with van der Waals surface area (Å²) in [6, 6.07) is 13.2. The van der Waals surface area contributed by atoms with Crippen LogP contribution in [0.4, 0.5) is 24.5 Å². The van der Waals surface area contributed by atoms with Gasteiger partial charge in [0, 0.05) is 11.8 Å². The number of nitrogens with one attached hydrogen (secondary N) is 1. The predicted octanol–water partition coefficient (Wildman–Crippen LogP) is 4.59. The number of amides is 1. The second kappa shape index (κ2) is 8.76. The Morgan fingerprint density at radius 3 is 2.20 bits per heavy atom. The fourth-order valence-corrected chi connectivity index (χ4v) is 4.19. The van der Waals surface area contributed by atoms with Crippen LogP contribution in [-0.4, -0.2) is 20.9 Å². The van der Waals surface area contributed by atoms with Crippen molar-refractivity contribution in [3.8, 4) is 0 Å². The van der Waals surface area contributed by atoms with Crippen LogP contribution >= 0.6 is 11.6 Å². The molecule has 0 fully saturated rings. The fraction of sp³-hybridized carbons (Fsp3) is 0.0500. The number of hydrogen-bond acceptors (Lipinski definition) is 3. The predicted molar refractivity (Wildman–Crippen MR) is 107 cm³/mol. The SMILES string of the molecule is O=C(CN(c1ccc(F)c(Cl)c1)S(=O)(=O)c1ccccc1)Nc1ccc(F)c(F)c1. The minimum absolute atomic E-state index is 0.0503. The van der Waals surface area contributed by atoms with Gasteiger partial charge in [-0.25, -0.2) is 21.6 Å². The van der Waals surface area contributed by atoms with Crippen LogP contribution in [0.2, 0.25) is 5.02 Å². The lowest BCUT2D eigenvalue weighted by molar-refractivity contribution is -0.114. The van der Waals surface area contributed by atoms with Gasteiger partial charge in [0.15, 0.2) is 11.6 Å². The van der Waals surface area contributed by atoms with Crippen molar-refractivity contribution in [1.82, 2.24) is 0 Å². The van der Waals surface area contributed by atoms with Gasteiger partial charge in [-0.2, -0.15) is 0 Å². The molecule has 0 aromatic heterocycles. The summed E-state index contributed by atoms with van der Waals surface area (Å²) < 4.78 is 67.0. The second-order valence-corrected chi connectivity index (χ2v) is 8.37. The number of carbonyl (C=O) groups is 1. The molecule has 0 radical (unpaired) electrons. The van der Waals surface area contributed by atoms with E-state index in [-0.39, 0.29) is 21.3 Å². The molecule has 0 heterocycles. The first kappa shape index (κ1) is 21.7. The summed E-state index contributed by atoms with van der Waals surface area (Å²) in [5.74, 6) is -3.86. The van der Waals surface area contributed by atoms with E-state index in [1.54, 1.807) is 6.07 Å². The minimum Gasteiger partial charge on any atom is -0.324 e. The molecule has 0 atom stereocenters. The van der Waals surface area contributed by atoms with E-state index < -0.39 is 39.9 Å². The van der Waals surface area contributed by atoms with Crippen molar-refractivity contribution in [3.63, 3.8) is 0 Å². The zero-order valence-corrected chi connectivity index (χ0v) is 16.7. The molecule has 0 aliphatic carbocycles. The molecule has 0 aliphatic heterocycles. The van der Waals surface area contributed by atoms with E-state index in [4.69, 9.17) is 11.6 Å². The molecular formula is C20H14ClF3N2O3S. The van der Waals surface area contributed by atoms with Gasteiger partial charge in [-0.05, 0) is 42.5 Å². The molecule has 3 aromatic carbocycles. The smallest absolute Gasteiger partial charge is 0.264 e. The molecule has 0 bridgehead atoms. The first-order chi connectivity index (χ1) is 14.2. The average molecular weight is 455 g/mol. The maximum atomic E-state index is 13.6. The van der Waals surface area contributed by atoms with Gasteiger partial charge in [-0.15, -0.1) is 0 Å². The van der Waals surface area contributed by atoms with Crippen molar-refractivity contribution in [2.45, 2.75) is 4.90 Å². The Bertz CT molecular complexity index is 1190. The molecular weight excluding hydrogens is 441 g/mol. The number of anilines is 2. The molecule has 0 saturated carbocycles. The molecule has 156 valence electrons. The van der Waals surface area contributed by atoms with Crippen molar-refractivity contribution < 1.29 is 26.4 Å². The third-order valence-corrected chi connectivity index (χ3v) is 6.09. The molecule has 3 aromatic rings. The lowest BCUT2D eigenvalue weighted by atomic mass is 10.3. The number of nitrogens with zero attached hydrogens (tertiary/aromatic N) is 1. The number of hydrogen-bond donors (Lipinski definition) is 1. The zero-order valence-electron chi connectivity index (χ0n) is 15.2. The Morgan fingerprint density at radius 2 is 1.57 bits per heavy atom. The topological polar surface area (TPSA) is 66.5 Å². The molecule has 10 heteroatoms. The third kappa shape index (κ3) is 4.74. The molecule has 0 unspecified atom stereocenters. The van der Waals surface area contributed by atoms with Gasteiger partial charge in [0.1, 0.15) is 12.4 Å². The Morgan fingerprint density at radius 1 is 0.900 bits per heavy atom. The summed E-state index contributed by atoms with van der Waals surface area (Å²) in [6.45, 7) is -0.724. The molecule has 0 saturated heterocycles. The van der Waals surface area contributed by atoms with Gasteiger partial charge in [-0.1, -0.05) is 29.8 Å². The largest absolute Gasteiger partial charge is 0.324 e. The molecule has 3 rings (SSSR count). The van der Waals surface area contributed by atoms with E-state index in [0.29, 0.717) is 0 Å². The molecule has 0 aliphatic rings. The van der Waals surface area contributed by atoms with Crippen molar-refractivity contribution >= 4 is 38.9 Å². The molecule has 1 amide bonds. The Balaban J connectivity index is 1.95. The summed E-state index contributed by atoms with van der Waals surface area (Å²) in [6.07, 6.45) is 0. The Kier molecular flexibility index (Phi) is 6.33. The number of rotatable bonds is 6. The van der Waals surface area contributed by atoms with Crippen molar-refractivity contribution in [3.05, 3.63) is 89.2 Å². The summed E-state index contributed by atoms with van der Waals surface area (Å²) in [4.78, 5) is 12.4. The normalized spacial score (nSPS) is 11.2. The van der Waals surface area contributed by atoms with E-state index >= 15 is 0 Å². The third-order valence-electron chi connectivity index (χ3n) is 4.01. The van der Waals surface area contributed by atoms with Crippen LogP contribution < -0.4 is 9.62 Å². The lowest BCUT2D eigenvalue weighted by Gasteiger charge is -2.24. The summed E-state index contributed by atoms with van der Waals surface area (Å²) in [5, 5.41) is 1.97. The van der Waals surface area contributed by atoms with Crippen LogP contribution in [0.3, 0.4) is 0 Å². The van der Waals surface area contributed by atoms with Crippen molar-refractivity contribution in [2.75, 3.05) is 16.2 Å².